The van der Waals surface area contributed by atoms with Crippen LogP contribution in [0.2, 0.25) is 0 Å². The SMILES string of the molecule is C1CCNC1.CCOc1ccccc1-c1ccc2c(n1)CN(C)CC21CCN(c2ccc(OC(F)F)cc2C#N)CC1. The number of aromatic nitrogens is 1. The van der Waals surface area contributed by atoms with Crippen molar-refractivity contribution >= 4 is 5.69 Å². The highest BCUT2D eigenvalue weighted by atomic mass is 19.3. The zero-order chi connectivity index (χ0) is 29.5. The molecule has 4 heterocycles. The molecule has 222 valence electrons. The van der Waals surface area contributed by atoms with Crippen molar-refractivity contribution in [2.75, 3.05) is 51.3 Å². The molecule has 2 aromatic carbocycles. The number of anilines is 1. The van der Waals surface area contributed by atoms with Gasteiger partial charge in [0.25, 0.3) is 0 Å². The standard InChI is InChI=1S/C29H30F2N4O2.C4H9N/c1-3-36-27-7-5-4-6-22(27)24-10-9-23-25(33-24)18-34(2)19-29(23)12-14-35(15-13-29)26-11-8-21(37-28(30)31)16-20(26)17-32;1-2-4-5-3-1/h4-11,16,28H,3,12-15,18-19H2,1-2H3;5H,1-4H2. The molecular weight excluding hydrogens is 536 g/mol. The average Bonchev–Trinajstić information content (AvgIpc) is 3.58. The molecule has 0 amide bonds. The third-order valence-corrected chi connectivity index (χ3v) is 8.33. The number of hydrogen-bond donors (Lipinski definition) is 1. The molecule has 1 aromatic heterocycles. The van der Waals surface area contributed by atoms with Gasteiger partial charge in [0.15, 0.2) is 0 Å². The van der Waals surface area contributed by atoms with Gasteiger partial charge in [-0.05, 0) is 88.6 Å². The van der Waals surface area contributed by atoms with Gasteiger partial charge in [0, 0.05) is 43.2 Å². The van der Waals surface area contributed by atoms with Crippen molar-refractivity contribution in [2.24, 2.45) is 0 Å². The van der Waals surface area contributed by atoms with Crippen LogP contribution in [0, 0.1) is 11.3 Å². The molecule has 9 heteroatoms. The topological polar surface area (TPSA) is 73.7 Å². The number of benzene rings is 2. The third-order valence-electron chi connectivity index (χ3n) is 8.33. The maximum atomic E-state index is 12.6. The minimum absolute atomic E-state index is 0.000554. The number of pyridine rings is 1. The first kappa shape index (κ1) is 29.7. The summed E-state index contributed by atoms with van der Waals surface area (Å²) in [6.45, 7) is 5.40. The van der Waals surface area contributed by atoms with Crippen molar-refractivity contribution in [1.29, 1.82) is 5.26 Å². The van der Waals surface area contributed by atoms with E-state index in [0.717, 1.165) is 67.4 Å². The predicted octanol–water partition coefficient (Wildman–Crippen LogP) is 5.97. The lowest BCUT2D eigenvalue weighted by atomic mass is 9.69. The number of ether oxygens (including phenoxy) is 2. The van der Waals surface area contributed by atoms with Crippen LogP contribution in [-0.4, -0.2) is 62.9 Å². The van der Waals surface area contributed by atoms with Crippen molar-refractivity contribution in [3.8, 4) is 28.8 Å². The van der Waals surface area contributed by atoms with Crippen LogP contribution in [0.5, 0.6) is 11.5 Å². The second-order valence-corrected chi connectivity index (χ2v) is 11.2. The van der Waals surface area contributed by atoms with E-state index in [0.29, 0.717) is 12.2 Å². The van der Waals surface area contributed by atoms with Gasteiger partial charge in [-0.25, -0.2) is 0 Å². The fraction of sp³-hybridized carbons (Fsp3) is 0.455. The number of alkyl halides is 2. The van der Waals surface area contributed by atoms with Crippen LogP contribution in [0.4, 0.5) is 14.5 Å². The molecule has 3 aliphatic rings. The zero-order valence-electron chi connectivity index (χ0n) is 24.4. The molecule has 6 rings (SSSR count). The minimum Gasteiger partial charge on any atom is -0.493 e. The number of nitriles is 1. The average molecular weight is 576 g/mol. The molecule has 7 nitrogen and oxygen atoms in total. The molecule has 0 saturated carbocycles. The smallest absolute Gasteiger partial charge is 0.387 e. The van der Waals surface area contributed by atoms with Gasteiger partial charge in [0.2, 0.25) is 0 Å². The van der Waals surface area contributed by atoms with E-state index in [-0.39, 0.29) is 11.2 Å². The predicted molar refractivity (Wildman–Crippen MR) is 160 cm³/mol. The number of piperidine rings is 1. The van der Waals surface area contributed by atoms with E-state index in [4.69, 9.17) is 9.72 Å². The van der Waals surface area contributed by atoms with Crippen LogP contribution in [0.15, 0.2) is 54.6 Å². The Labute approximate surface area is 247 Å². The molecule has 3 aliphatic heterocycles. The summed E-state index contributed by atoms with van der Waals surface area (Å²) in [6.07, 6.45) is 4.59. The van der Waals surface area contributed by atoms with Gasteiger partial charge in [-0.15, -0.1) is 0 Å². The Kier molecular flexibility index (Phi) is 9.55. The Balaban J connectivity index is 0.000000639. The van der Waals surface area contributed by atoms with E-state index in [2.05, 4.69) is 45.1 Å². The fourth-order valence-corrected chi connectivity index (χ4v) is 6.41. The van der Waals surface area contributed by atoms with Crippen LogP contribution in [-0.2, 0) is 12.0 Å². The Morgan fingerprint density at radius 1 is 1.07 bits per heavy atom. The first-order valence-electron chi connectivity index (χ1n) is 14.8. The Morgan fingerprint density at radius 2 is 1.83 bits per heavy atom. The zero-order valence-corrected chi connectivity index (χ0v) is 24.4. The molecule has 42 heavy (non-hydrogen) atoms. The highest BCUT2D eigenvalue weighted by Gasteiger charge is 2.42. The lowest BCUT2D eigenvalue weighted by molar-refractivity contribution is -0.0498. The maximum Gasteiger partial charge on any atom is 0.387 e. The second kappa shape index (κ2) is 13.5. The number of para-hydroxylation sites is 1. The molecule has 0 radical (unpaired) electrons. The second-order valence-electron chi connectivity index (χ2n) is 11.2. The lowest BCUT2D eigenvalue weighted by Crippen LogP contribution is -2.51. The summed E-state index contributed by atoms with van der Waals surface area (Å²) in [4.78, 5) is 9.62. The molecular formula is C33H39F2N5O2. The van der Waals surface area contributed by atoms with Crippen LogP contribution in [0.3, 0.4) is 0 Å². The van der Waals surface area contributed by atoms with Crippen molar-refractivity contribution in [1.82, 2.24) is 15.2 Å². The van der Waals surface area contributed by atoms with E-state index >= 15 is 0 Å². The first-order chi connectivity index (χ1) is 20.4. The Bertz CT molecular complexity index is 1390. The molecule has 1 N–H and O–H groups in total. The summed E-state index contributed by atoms with van der Waals surface area (Å²) in [5, 5.41) is 12.9. The van der Waals surface area contributed by atoms with Crippen LogP contribution in [0.1, 0.15) is 49.4 Å². The van der Waals surface area contributed by atoms with E-state index in [9.17, 15) is 14.0 Å². The number of nitrogens with one attached hydrogen (secondary N) is 1. The van der Waals surface area contributed by atoms with Crippen LogP contribution >= 0.6 is 0 Å². The summed E-state index contributed by atoms with van der Waals surface area (Å²) >= 11 is 0. The van der Waals surface area contributed by atoms with Gasteiger partial charge in [-0.3, -0.25) is 9.88 Å². The third kappa shape index (κ3) is 6.66. The Morgan fingerprint density at radius 3 is 2.50 bits per heavy atom. The molecule has 0 atom stereocenters. The summed E-state index contributed by atoms with van der Waals surface area (Å²) in [7, 11) is 2.13. The molecule has 0 unspecified atom stereocenters. The highest BCUT2D eigenvalue weighted by Crippen LogP contribution is 2.43. The first-order valence-corrected chi connectivity index (χ1v) is 14.8. The number of rotatable bonds is 6. The highest BCUT2D eigenvalue weighted by molar-refractivity contribution is 5.68. The van der Waals surface area contributed by atoms with Gasteiger partial charge in [0.05, 0.1) is 29.2 Å². The van der Waals surface area contributed by atoms with Crippen molar-refractivity contribution in [3.05, 3.63) is 71.4 Å². The normalized spacial score (nSPS) is 17.8. The van der Waals surface area contributed by atoms with E-state index in [1.807, 2.05) is 31.2 Å². The largest absolute Gasteiger partial charge is 0.493 e. The summed E-state index contributed by atoms with van der Waals surface area (Å²) in [5.41, 5.74) is 5.36. The number of likely N-dealkylation sites (N-methyl/N-ethyl adjacent to an activating group) is 1. The summed E-state index contributed by atoms with van der Waals surface area (Å²) < 4.78 is 35.5. The fourth-order valence-electron chi connectivity index (χ4n) is 6.41. The Hall–Kier alpha value is -3.74. The summed E-state index contributed by atoms with van der Waals surface area (Å²) in [6, 6.07) is 19.1. The van der Waals surface area contributed by atoms with Gasteiger partial charge in [-0.1, -0.05) is 18.2 Å². The van der Waals surface area contributed by atoms with Crippen molar-refractivity contribution < 1.29 is 18.3 Å². The minimum atomic E-state index is -2.92. The molecule has 3 aromatic rings. The molecule has 1 spiro atoms. The van der Waals surface area contributed by atoms with E-state index in [1.165, 1.54) is 43.6 Å². The summed E-state index contributed by atoms with van der Waals surface area (Å²) in [5.74, 6) is 0.835. The van der Waals surface area contributed by atoms with Crippen LogP contribution in [0.25, 0.3) is 11.3 Å². The lowest BCUT2D eigenvalue weighted by Gasteiger charge is -2.48. The van der Waals surface area contributed by atoms with Gasteiger partial charge in [-0.2, -0.15) is 14.0 Å². The molecule has 2 fully saturated rings. The monoisotopic (exact) mass is 575 g/mol. The van der Waals surface area contributed by atoms with Gasteiger partial charge in [0.1, 0.15) is 17.6 Å². The molecule has 0 aliphatic carbocycles. The van der Waals surface area contributed by atoms with Crippen LogP contribution < -0.4 is 19.7 Å². The molecule has 0 bridgehead atoms. The van der Waals surface area contributed by atoms with E-state index in [1.54, 1.807) is 6.07 Å². The number of hydrogen-bond acceptors (Lipinski definition) is 7. The number of nitrogens with zero attached hydrogens (tertiary/aromatic N) is 4. The van der Waals surface area contributed by atoms with Gasteiger partial charge < -0.3 is 19.7 Å². The van der Waals surface area contributed by atoms with E-state index < -0.39 is 6.61 Å². The van der Waals surface area contributed by atoms with Crippen molar-refractivity contribution in [2.45, 2.75) is 51.2 Å². The molecule has 2 saturated heterocycles. The number of halogens is 2. The van der Waals surface area contributed by atoms with Crippen molar-refractivity contribution in [3.63, 3.8) is 0 Å². The number of fused-ring (bicyclic) bond motifs is 2. The quantitative estimate of drug-likeness (QED) is 0.388. The maximum absolute atomic E-state index is 12.6. The van der Waals surface area contributed by atoms with Gasteiger partial charge >= 0.3 is 6.61 Å².